The largest absolute Gasteiger partial charge is 0.497 e. The number of fused-ring (bicyclic) bond motifs is 1. The monoisotopic (exact) mass is 575 g/mol. The first-order valence-electron chi connectivity index (χ1n) is 13.2. The fourth-order valence-corrected chi connectivity index (χ4v) is 6.28. The molecule has 2 heterocycles. The Balaban J connectivity index is 1.26. The van der Waals surface area contributed by atoms with E-state index in [9.17, 15) is 13.2 Å². The Bertz CT molecular complexity index is 1660. The van der Waals surface area contributed by atoms with Gasteiger partial charge in [-0.25, -0.2) is 8.42 Å². The van der Waals surface area contributed by atoms with Crippen molar-refractivity contribution in [1.29, 1.82) is 0 Å². The van der Waals surface area contributed by atoms with Crippen LogP contribution in [0.5, 0.6) is 11.5 Å². The first kappa shape index (κ1) is 28.3. The molecule has 1 aromatic heterocycles. The molecule has 0 aliphatic carbocycles. The Labute approximate surface area is 239 Å². The van der Waals surface area contributed by atoms with Gasteiger partial charge in [0, 0.05) is 68.0 Å². The van der Waals surface area contributed by atoms with E-state index >= 15 is 0 Å². The third-order valence-corrected chi connectivity index (χ3v) is 8.65. The van der Waals surface area contributed by atoms with Crippen molar-refractivity contribution in [2.24, 2.45) is 5.73 Å². The van der Waals surface area contributed by atoms with Crippen molar-refractivity contribution in [2.45, 2.75) is 18.0 Å². The van der Waals surface area contributed by atoms with E-state index in [1.165, 1.54) is 6.07 Å². The molecule has 10 nitrogen and oxygen atoms in total. The van der Waals surface area contributed by atoms with Gasteiger partial charge in [0.05, 0.1) is 25.4 Å². The van der Waals surface area contributed by atoms with Crippen LogP contribution in [0.25, 0.3) is 10.9 Å². The second-order valence-electron chi connectivity index (χ2n) is 9.76. The van der Waals surface area contributed by atoms with Crippen LogP contribution in [0.2, 0.25) is 0 Å². The van der Waals surface area contributed by atoms with Crippen LogP contribution in [0.4, 0.5) is 5.69 Å². The molecule has 1 amide bonds. The van der Waals surface area contributed by atoms with Crippen LogP contribution in [0, 0.1) is 0 Å². The van der Waals surface area contributed by atoms with Crippen LogP contribution in [-0.2, 0) is 23.1 Å². The molecule has 0 bridgehead atoms. The fourth-order valence-electron chi connectivity index (χ4n) is 5.00. The molecule has 0 unspecified atom stereocenters. The molecular formula is C30H33N5O5S. The van der Waals surface area contributed by atoms with Crippen molar-refractivity contribution >= 4 is 32.5 Å². The summed E-state index contributed by atoms with van der Waals surface area (Å²) in [5.74, 6) is 1.39. The molecule has 1 fully saturated rings. The maximum absolute atomic E-state index is 13.4. The lowest BCUT2D eigenvalue weighted by Gasteiger charge is -2.35. The van der Waals surface area contributed by atoms with Gasteiger partial charge in [0.25, 0.3) is 15.9 Å². The predicted octanol–water partition coefficient (Wildman–Crippen LogP) is 3.47. The van der Waals surface area contributed by atoms with E-state index in [2.05, 4.69) is 14.6 Å². The van der Waals surface area contributed by atoms with Crippen molar-refractivity contribution in [3.63, 3.8) is 0 Å². The molecule has 11 heteroatoms. The Morgan fingerprint density at radius 1 is 0.951 bits per heavy atom. The number of amides is 1. The summed E-state index contributed by atoms with van der Waals surface area (Å²) < 4.78 is 40.0. The van der Waals surface area contributed by atoms with Crippen LogP contribution in [-0.4, -0.2) is 69.5 Å². The number of carbonyl (C=O) groups is 1. The Kier molecular flexibility index (Phi) is 8.39. The minimum absolute atomic E-state index is 0.0598. The lowest BCUT2D eigenvalue weighted by Crippen LogP contribution is -2.48. The maximum Gasteiger partial charge on any atom is 0.264 e. The van der Waals surface area contributed by atoms with E-state index in [1.807, 2.05) is 35.2 Å². The van der Waals surface area contributed by atoms with Gasteiger partial charge in [0.2, 0.25) is 0 Å². The number of aromatic nitrogens is 1. The maximum atomic E-state index is 13.4. The van der Waals surface area contributed by atoms with Crippen molar-refractivity contribution in [2.75, 3.05) is 45.1 Å². The summed E-state index contributed by atoms with van der Waals surface area (Å²) in [6, 6.07) is 19.2. The van der Waals surface area contributed by atoms with Gasteiger partial charge in [-0.15, -0.1) is 0 Å². The molecular weight excluding hydrogens is 542 g/mol. The van der Waals surface area contributed by atoms with Gasteiger partial charge >= 0.3 is 0 Å². The van der Waals surface area contributed by atoms with Crippen LogP contribution >= 0.6 is 0 Å². The zero-order valence-corrected chi connectivity index (χ0v) is 23.9. The Morgan fingerprint density at radius 2 is 1.73 bits per heavy atom. The third-order valence-electron chi connectivity index (χ3n) is 7.25. The number of ether oxygens (including phenoxy) is 2. The summed E-state index contributed by atoms with van der Waals surface area (Å²) in [7, 11) is -0.689. The van der Waals surface area contributed by atoms with Crippen molar-refractivity contribution in [3.8, 4) is 11.5 Å². The number of hydrogen-bond acceptors (Lipinski definition) is 8. The van der Waals surface area contributed by atoms with E-state index in [0.29, 0.717) is 55.1 Å². The van der Waals surface area contributed by atoms with E-state index in [-0.39, 0.29) is 17.3 Å². The number of nitrogens with zero attached hydrogens (tertiary/aromatic N) is 3. The number of benzene rings is 3. The smallest absolute Gasteiger partial charge is 0.264 e. The quantitative estimate of drug-likeness (QED) is 0.311. The highest BCUT2D eigenvalue weighted by Crippen LogP contribution is 2.28. The molecule has 5 rings (SSSR count). The molecule has 3 N–H and O–H groups in total. The van der Waals surface area contributed by atoms with Crippen LogP contribution in [0.15, 0.2) is 77.8 Å². The summed E-state index contributed by atoms with van der Waals surface area (Å²) >= 11 is 0. The molecule has 4 aromatic rings. The minimum atomic E-state index is -3.95. The number of nitrogens with one attached hydrogen (secondary N) is 1. The normalized spacial score (nSPS) is 14.2. The van der Waals surface area contributed by atoms with Crippen molar-refractivity contribution < 1.29 is 22.7 Å². The number of sulfonamides is 1. The van der Waals surface area contributed by atoms with E-state index in [1.54, 1.807) is 50.7 Å². The lowest BCUT2D eigenvalue weighted by molar-refractivity contribution is 0.0627. The van der Waals surface area contributed by atoms with Gasteiger partial charge in [0.1, 0.15) is 16.4 Å². The number of piperazine rings is 1. The number of anilines is 1. The molecule has 0 saturated carbocycles. The Hall–Kier alpha value is -4.19. The van der Waals surface area contributed by atoms with E-state index in [0.717, 1.165) is 22.4 Å². The van der Waals surface area contributed by atoms with Gasteiger partial charge in [-0.3, -0.25) is 19.4 Å². The number of para-hydroxylation sites is 1. The molecule has 1 saturated heterocycles. The number of pyridine rings is 1. The number of carbonyl (C=O) groups excluding carboxylic acids is 1. The fraction of sp³-hybridized carbons (Fsp3) is 0.267. The number of hydrogen-bond donors (Lipinski definition) is 2. The molecule has 214 valence electrons. The number of nitrogens with two attached hydrogens (primary N) is 1. The summed E-state index contributed by atoms with van der Waals surface area (Å²) in [6.07, 6.45) is 1.56. The molecule has 3 aromatic carbocycles. The first-order valence-corrected chi connectivity index (χ1v) is 14.7. The van der Waals surface area contributed by atoms with Crippen LogP contribution < -0.4 is 19.9 Å². The standard InChI is InChI=1S/C30H33N5O5S/c1-39-25-10-8-23(27(18-25)40-2)20-34-13-15-35(16-14-34)30(36)22-9-11-26(24(17-22)19-31)33-41(37,38)28-7-3-5-21-6-4-12-32-29(21)28/h3-12,17-18,33H,13-16,19-20,31H2,1-2H3. The van der Waals surface area contributed by atoms with E-state index < -0.39 is 10.0 Å². The second-order valence-corrected chi connectivity index (χ2v) is 11.4. The van der Waals surface area contributed by atoms with Gasteiger partial charge in [0.15, 0.2) is 0 Å². The zero-order chi connectivity index (χ0) is 29.0. The molecule has 1 aliphatic rings. The average Bonchev–Trinajstić information content (AvgIpc) is 3.01. The zero-order valence-electron chi connectivity index (χ0n) is 23.0. The highest BCUT2D eigenvalue weighted by molar-refractivity contribution is 7.93. The van der Waals surface area contributed by atoms with Gasteiger partial charge < -0.3 is 20.1 Å². The topological polar surface area (TPSA) is 127 Å². The average molecular weight is 576 g/mol. The number of rotatable bonds is 9. The van der Waals surface area contributed by atoms with Gasteiger partial charge in [-0.1, -0.05) is 24.3 Å². The summed E-state index contributed by atoms with van der Waals surface area (Å²) in [5, 5.41) is 0.721. The van der Waals surface area contributed by atoms with E-state index in [4.69, 9.17) is 15.2 Å². The van der Waals surface area contributed by atoms with Crippen LogP contribution in [0.3, 0.4) is 0 Å². The molecule has 0 spiro atoms. The highest BCUT2D eigenvalue weighted by atomic mass is 32.2. The lowest BCUT2D eigenvalue weighted by atomic mass is 10.1. The van der Waals surface area contributed by atoms with Gasteiger partial charge in [-0.05, 0) is 42.0 Å². The summed E-state index contributed by atoms with van der Waals surface area (Å²) in [6.45, 7) is 3.32. The molecule has 0 atom stereocenters. The summed E-state index contributed by atoms with van der Waals surface area (Å²) in [5.41, 5.74) is 8.74. The van der Waals surface area contributed by atoms with Crippen molar-refractivity contribution in [3.05, 3.63) is 89.6 Å². The molecule has 41 heavy (non-hydrogen) atoms. The van der Waals surface area contributed by atoms with Gasteiger partial charge in [-0.2, -0.15) is 0 Å². The Morgan fingerprint density at radius 3 is 2.46 bits per heavy atom. The van der Waals surface area contributed by atoms with Crippen molar-refractivity contribution in [1.82, 2.24) is 14.8 Å². The highest BCUT2D eigenvalue weighted by Gasteiger charge is 2.25. The third kappa shape index (κ3) is 6.12. The first-order chi connectivity index (χ1) is 19.8. The second kappa shape index (κ2) is 12.1. The molecule has 0 radical (unpaired) electrons. The number of methoxy groups -OCH3 is 2. The molecule has 1 aliphatic heterocycles. The minimum Gasteiger partial charge on any atom is -0.497 e. The summed E-state index contributed by atoms with van der Waals surface area (Å²) in [4.78, 5) is 21.8. The van der Waals surface area contributed by atoms with Crippen LogP contribution in [0.1, 0.15) is 21.5 Å². The SMILES string of the molecule is COc1ccc(CN2CCN(C(=O)c3ccc(NS(=O)(=O)c4cccc5cccnc45)c(CN)c3)CC2)c(OC)c1. The predicted molar refractivity (Wildman–Crippen MR) is 158 cm³/mol.